The first kappa shape index (κ1) is 89.1. The molecule has 0 fully saturated rings. The van der Waals surface area contributed by atoms with Crippen molar-refractivity contribution in [1.29, 1.82) is 0 Å². The first-order valence-electron chi connectivity index (χ1n) is 37.5. The topological polar surface area (TPSA) is 237 Å². The summed E-state index contributed by atoms with van der Waals surface area (Å²) in [4.78, 5) is 72.6. The van der Waals surface area contributed by atoms with Gasteiger partial charge in [-0.1, -0.05) is 318 Å². The molecule has 0 aromatic heterocycles. The molecule has 0 bridgehead atoms. The number of rotatable bonds is 71. The van der Waals surface area contributed by atoms with Gasteiger partial charge in [0, 0.05) is 25.7 Å². The molecule has 0 saturated carbocycles. The van der Waals surface area contributed by atoms with Gasteiger partial charge in [-0.2, -0.15) is 0 Å². The number of hydrogen-bond acceptors (Lipinski definition) is 15. The van der Waals surface area contributed by atoms with Gasteiger partial charge in [-0.15, -0.1) is 0 Å². The van der Waals surface area contributed by atoms with Gasteiger partial charge >= 0.3 is 39.5 Å². The SMILES string of the molecule is CCCCCCCCCCCCCC(=O)O[C@H](COC(=O)CCCCCCCCCCC)COP(=O)(O)OC[C@H](O)COP(=O)(O)OC[C@@H](COC(=O)CCCCCCCCCCCCCCC(C)C)OC(=O)CCCCCCCCCCCCCCCC(C)C. The summed E-state index contributed by atoms with van der Waals surface area (Å²) < 4.78 is 68.3. The Hall–Kier alpha value is -1.94. The molecule has 17 nitrogen and oxygen atoms in total. The summed E-state index contributed by atoms with van der Waals surface area (Å²) in [6.07, 6.45) is 49.8. The molecule has 0 aromatic rings. The van der Waals surface area contributed by atoms with Crippen molar-refractivity contribution in [2.75, 3.05) is 39.6 Å². The molecule has 91 heavy (non-hydrogen) atoms. The Morgan fingerprint density at radius 3 is 0.747 bits per heavy atom. The van der Waals surface area contributed by atoms with Gasteiger partial charge in [0.15, 0.2) is 12.2 Å². The van der Waals surface area contributed by atoms with Crippen LogP contribution in [0.5, 0.6) is 0 Å². The molecular formula is C72H140O17P2. The second-order valence-electron chi connectivity index (χ2n) is 26.9. The minimum atomic E-state index is -4.95. The fourth-order valence-corrected chi connectivity index (χ4v) is 12.5. The molecule has 19 heteroatoms. The fraction of sp³-hybridized carbons (Fsp3) is 0.944. The van der Waals surface area contributed by atoms with E-state index in [1.807, 2.05) is 0 Å². The Morgan fingerprint density at radius 1 is 0.297 bits per heavy atom. The van der Waals surface area contributed by atoms with Crippen LogP contribution in [0.3, 0.4) is 0 Å². The van der Waals surface area contributed by atoms with Crippen molar-refractivity contribution in [2.45, 2.75) is 387 Å². The van der Waals surface area contributed by atoms with E-state index in [1.54, 1.807) is 0 Å². The van der Waals surface area contributed by atoms with Gasteiger partial charge in [0.25, 0.3) is 0 Å². The predicted octanol–water partition coefficient (Wildman–Crippen LogP) is 20.8. The Labute approximate surface area is 556 Å². The Balaban J connectivity index is 5.23. The fourth-order valence-electron chi connectivity index (χ4n) is 10.9. The van der Waals surface area contributed by atoms with Crippen LogP contribution in [0.4, 0.5) is 0 Å². The Bertz CT molecular complexity index is 1770. The molecule has 3 N–H and O–H groups in total. The van der Waals surface area contributed by atoms with Gasteiger partial charge in [-0.25, -0.2) is 9.13 Å². The Morgan fingerprint density at radius 2 is 0.505 bits per heavy atom. The number of aliphatic hydroxyl groups is 1. The normalized spacial score (nSPS) is 14.1. The number of esters is 4. The van der Waals surface area contributed by atoms with Crippen molar-refractivity contribution in [3.63, 3.8) is 0 Å². The quantitative estimate of drug-likeness (QED) is 0.0222. The number of carbonyl (C=O) groups excluding carboxylic acids is 4. The molecule has 0 radical (unpaired) electrons. The number of carbonyl (C=O) groups is 4. The van der Waals surface area contributed by atoms with E-state index < -0.39 is 97.5 Å². The highest BCUT2D eigenvalue weighted by Gasteiger charge is 2.30. The van der Waals surface area contributed by atoms with Gasteiger partial charge in [-0.3, -0.25) is 37.3 Å². The molecule has 2 unspecified atom stereocenters. The van der Waals surface area contributed by atoms with Crippen LogP contribution in [-0.4, -0.2) is 96.7 Å². The second kappa shape index (κ2) is 64.1. The zero-order valence-corrected chi connectivity index (χ0v) is 60.9. The lowest BCUT2D eigenvalue weighted by molar-refractivity contribution is -0.161. The largest absolute Gasteiger partial charge is 0.472 e. The van der Waals surface area contributed by atoms with Gasteiger partial charge in [0.05, 0.1) is 26.4 Å². The summed E-state index contributed by atoms with van der Waals surface area (Å²) in [5, 5.41) is 10.6. The first-order chi connectivity index (χ1) is 43.9. The van der Waals surface area contributed by atoms with Crippen LogP contribution in [0.15, 0.2) is 0 Å². The van der Waals surface area contributed by atoms with Gasteiger partial charge in [0.1, 0.15) is 19.3 Å². The maximum atomic E-state index is 13.0. The van der Waals surface area contributed by atoms with Crippen molar-refractivity contribution in [1.82, 2.24) is 0 Å². The van der Waals surface area contributed by atoms with Crippen molar-refractivity contribution < 1.29 is 80.2 Å². The predicted molar refractivity (Wildman–Crippen MR) is 368 cm³/mol. The molecule has 0 aliphatic carbocycles. The van der Waals surface area contributed by atoms with Crippen molar-refractivity contribution >= 4 is 39.5 Å². The molecule has 540 valence electrons. The third-order valence-corrected chi connectivity index (χ3v) is 18.6. The summed E-state index contributed by atoms with van der Waals surface area (Å²) in [6, 6.07) is 0. The zero-order valence-electron chi connectivity index (χ0n) is 59.1. The van der Waals surface area contributed by atoms with E-state index in [1.165, 1.54) is 186 Å². The highest BCUT2D eigenvalue weighted by atomic mass is 31.2. The van der Waals surface area contributed by atoms with Crippen molar-refractivity contribution in [2.24, 2.45) is 11.8 Å². The van der Waals surface area contributed by atoms with Crippen molar-refractivity contribution in [3.05, 3.63) is 0 Å². The maximum Gasteiger partial charge on any atom is 0.472 e. The molecule has 0 rings (SSSR count). The van der Waals surface area contributed by atoms with E-state index in [0.29, 0.717) is 25.7 Å². The summed E-state index contributed by atoms with van der Waals surface area (Å²) in [6.45, 7) is 9.58. The van der Waals surface area contributed by atoms with Gasteiger partial charge < -0.3 is 33.8 Å². The van der Waals surface area contributed by atoms with E-state index in [2.05, 4.69) is 41.5 Å². The number of aliphatic hydroxyl groups excluding tert-OH is 1. The third kappa shape index (κ3) is 66.5. The van der Waals surface area contributed by atoms with Gasteiger partial charge in [0.2, 0.25) is 0 Å². The van der Waals surface area contributed by atoms with E-state index in [0.717, 1.165) is 102 Å². The van der Waals surface area contributed by atoms with Crippen LogP contribution < -0.4 is 0 Å². The minimum absolute atomic E-state index is 0.107. The van der Waals surface area contributed by atoms with Crippen LogP contribution in [0.2, 0.25) is 0 Å². The van der Waals surface area contributed by atoms with Crippen LogP contribution in [0.25, 0.3) is 0 Å². The molecule has 5 atom stereocenters. The van der Waals surface area contributed by atoms with E-state index in [-0.39, 0.29) is 25.7 Å². The zero-order chi connectivity index (χ0) is 67.2. The number of ether oxygens (including phenoxy) is 4. The monoisotopic (exact) mass is 1340 g/mol. The summed E-state index contributed by atoms with van der Waals surface area (Å²) in [5.74, 6) is -0.553. The molecule has 0 aliphatic heterocycles. The smallest absolute Gasteiger partial charge is 0.462 e. The lowest BCUT2D eigenvalue weighted by atomic mass is 10.0. The molecule has 0 spiro atoms. The Kier molecular flexibility index (Phi) is 62.7. The molecule has 0 aromatic carbocycles. The molecule has 0 amide bonds. The standard InChI is InChI=1S/C72H140O17P2/c1-7-9-11-13-15-17-23-32-38-44-50-56-71(76)88-67(60-82-69(74)54-48-42-36-28-16-14-12-10-8-2)62-86-90(78,79)84-58-66(73)59-85-91(80,81)87-63-68(61-83-70(75)55-49-43-37-31-26-22-21-25-30-35-41-47-53-65(5)6)89-72(77)57-51-45-39-33-27-20-18-19-24-29-34-40-46-52-64(3)4/h64-68,73H,7-63H2,1-6H3,(H,78,79)(H,80,81)/t66-,67+,68+/m0/s1. The highest BCUT2D eigenvalue weighted by molar-refractivity contribution is 7.47. The van der Waals surface area contributed by atoms with Crippen LogP contribution in [0.1, 0.15) is 369 Å². The minimum Gasteiger partial charge on any atom is -0.462 e. The molecule has 0 aliphatic rings. The average molecular weight is 1340 g/mol. The summed E-state index contributed by atoms with van der Waals surface area (Å²) >= 11 is 0. The number of phosphoric ester groups is 2. The van der Waals surface area contributed by atoms with E-state index in [4.69, 9.17) is 37.0 Å². The summed E-state index contributed by atoms with van der Waals surface area (Å²) in [7, 11) is -9.90. The second-order valence-corrected chi connectivity index (χ2v) is 29.8. The lowest BCUT2D eigenvalue weighted by Crippen LogP contribution is -2.30. The van der Waals surface area contributed by atoms with Crippen LogP contribution >= 0.6 is 15.6 Å². The third-order valence-electron chi connectivity index (χ3n) is 16.7. The number of unbranched alkanes of at least 4 members (excludes halogenated alkanes) is 41. The van der Waals surface area contributed by atoms with Crippen molar-refractivity contribution in [3.8, 4) is 0 Å². The van der Waals surface area contributed by atoms with E-state index >= 15 is 0 Å². The lowest BCUT2D eigenvalue weighted by Gasteiger charge is -2.21. The van der Waals surface area contributed by atoms with Gasteiger partial charge in [-0.05, 0) is 37.5 Å². The van der Waals surface area contributed by atoms with E-state index in [9.17, 15) is 43.2 Å². The average Bonchev–Trinajstić information content (AvgIpc) is 2.21. The summed E-state index contributed by atoms with van der Waals surface area (Å²) in [5.41, 5.74) is 0. The number of phosphoric acid groups is 2. The molecule has 0 saturated heterocycles. The number of hydrogen-bond donors (Lipinski definition) is 3. The highest BCUT2D eigenvalue weighted by Crippen LogP contribution is 2.45. The maximum absolute atomic E-state index is 13.0. The van der Waals surface area contributed by atoms with Crippen LogP contribution in [-0.2, 0) is 65.4 Å². The first-order valence-corrected chi connectivity index (χ1v) is 40.5. The van der Waals surface area contributed by atoms with Crippen LogP contribution in [0, 0.1) is 11.8 Å². The molecular weight excluding hydrogens is 1200 g/mol. The molecule has 0 heterocycles.